The van der Waals surface area contributed by atoms with E-state index in [2.05, 4.69) is 0 Å². The van der Waals surface area contributed by atoms with Gasteiger partial charge in [-0.1, -0.05) is 6.42 Å². The van der Waals surface area contributed by atoms with E-state index in [0.717, 1.165) is 26.0 Å². The van der Waals surface area contributed by atoms with Gasteiger partial charge in [-0.05, 0) is 43.7 Å². The Morgan fingerprint density at radius 1 is 1.32 bits per heavy atom. The van der Waals surface area contributed by atoms with Gasteiger partial charge in [-0.15, -0.1) is 0 Å². The number of rotatable bonds is 5. The lowest BCUT2D eigenvalue weighted by Gasteiger charge is -2.33. The van der Waals surface area contributed by atoms with Crippen molar-refractivity contribution in [1.29, 1.82) is 0 Å². The first kappa shape index (κ1) is 15.3. The molecule has 5 heteroatoms. The molecule has 2 fully saturated rings. The molecule has 0 N–H and O–H groups in total. The summed E-state index contributed by atoms with van der Waals surface area (Å²) in [6, 6.07) is 3.39. The number of carbonyl (C=O) groups excluding carboxylic acids is 1. The maximum Gasteiger partial charge on any atom is 0.263 e. The predicted octanol–water partition coefficient (Wildman–Crippen LogP) is 1.81. The molecule has 5 nitrogen and oxygen atoms in total. The van der Waals surface area contributed by atoms with Crippen molar-refractivity contribution in [2.24, 2.45) is 13.0 Å². The van der Waals surface area contributed by atoms with Crippen molar-refractivity contribution >= 4 is 5.91 Å². The van der Waals surface area contributed by atoms with Crippen molar-refractivity contribution in [2.75, 3.05) is 19.7 Å². The Kier molecular flexibility index (Phi) is 4.62. The molecule has 3 rings (SSSR count). The van der Waals surface area contributed by atoms with Crippen molar-refractivity contribution < 1.29 is 9.53 Å². The van der Waals surface area contributed by atoms with E-state index in [-0.39, 0.29) is 23.1 Å². The highest BCUT2D eigenvalue weighted by molar-refractivity contribution is 5.93. The Morgan fingerprint density at radius 2 is 2.14 bits per heavy atom. The SMILES string of the molecule is Cn1cccc(C(=O)N(CC2CCC2)C[C@H]2CCCO2)c1=O. The summed E-state index contributed by atoms with van der Waals surface area (Å²) < 4.78 is 7.14. The molecule has 22 heavy (non-hydrogen) atoms. The number of ether oxygens (including phenoxy) is 1. The van der Waals surface area contributed by atoms with Crippen LogP contribution in [0.1, 0.15) is 42.5 Å². The Balaban J connectivity index is 1.78. The molecule has 1 saturated carbocycles. The molecule has 0 bridgehead atoms. The monoisotopic (exact) mass is 304 g/mol. The van der Waals surface area contributed by atoms with Gasteiger partial charge in [0, 0.05) is 32.9 Å². The third kappa shape index (κ3) is 3.24. The molecule has 0 aromatic carbocycles. The molecule has 1 amide bonds. The molecule has 120 valence electrons. The van der Waals surface area contributed by atoms with E-state index in [1.807, 2.05) is 4.90 Å². The zero-order valence-corrected chi connectivity index (χ0v) is 13.2. The molecule has 0 unspecified atom stereocenters. The number of amides is 1. The Hall–Kier alpha value is -1.62. The fourth-order valence-electron chi connectivity index (χ4n) is 3.19. The number of aryl methyl sites for hydroxylation is 1. The van der Waals surface area contributed by atoms with Gasteiger partial charge >= 0.3 is 0 Å². The predicted molar refractivity (Wildman–Crippen MR) is 83.9 cm³/mol. The van der Waals surface area contributed by atoms with Crippen LogP contribution in [0.15, 0.2) is 23.1 Å². The molecule has 1 aromatic heterocycles. The van der Waals surface area contributed by atoms with Gasteiger partial charge < -0.3 is 14.2 Å². The first-order valence-electron chi connectivity index (χ1n) is 8.21. The van der Waals surface area contributed by atoms with E-state index >= 15 is 0 Å². The number of hydrogen-bond donors (Lipinski definition) is 0. The molecule has 1 aliphatic carbocycles. The van der Waals surface area contributed by atoms with Gasteiger partial charge in [-0.25, -0.2) is 0 Å². The van der Waals surface area contributed by atoms with Crippen LogP contribution in [0.2, 0.25) is 0 Å². The third-order valence-corrected chi connectivity index (χ3v) is 4.79. The molecule has 1 aromatic rings. The summed E-state index contributed by atoms with van der Waals surface area (Å²) >= 11 is 0. The zero-order valence-electron chi connectivity index (χ0n) is 13.2. The average Bonchev–Trinajstić information content (AvgIpc) is 2.96. The highest BCUT2D eigenvalue weighted by atomic mass is 16.5. The summed E-state index contributed by atoms with van der Waals surface area (Å²) in [4.78, 5) is 26.9. The van der Waals surface area contributed by atoms with Crippen molar-refractivity contribution in [2.45, 2.75) is 38.2 Å². The van der Waals surface area contributed by atoms with Crippen LogP contribution < -0.4 is 5.56 Å². The van der Waals surface area contributed by atoms with E-state index in [9.17, 15) is 9.59 Å². The third-order valence-electron chi connectivity index (χ3n) is 4.79. The van der Waals surface area contributed by atoms with Gasteiger partial charge in [-0.2, -0.15) is 0 Å². The van der Waals surface area contributed by atoms with Crippen molar-refractivity contribution in [3.05, 3.63) is 34.2 Å². The summed E-state index contributed by atoms with van der Waals surface area (Å²) in [5, 5.41) is 0. The van der Waals surface area contributed by atoms with E-state index in [4.69, 9.17) is 4.74 Å². The fraction of sp³-hybridized carbons (Fsp3) is 0.647. The van der Waals surface area contributed by atoms with Crippen LogP contribution in [0.3, 0.4) is 0 Å². The molecular formula is C17H24N2O3. The number of nitrogens with zero attached hydrogens (tertiary/aromatic N) is 2. The van der Waals surface area contributed by atoms with Gasteiger partial charge in [0.15, 0.2) is 0 Å². The number of carbonyl (C=O) groups is 1. The minimum absolute atomic E-state index is 0.122. The summed E-state index contributed by atoms with van der Waals surface area (Å²) in [6.07, 6.45) is 7.47. The van der Waals surface area contributed by atoms with Crippen molar-refractivity contribution in [1.82, 2.24) is 9.47 Å². The highest BCUT2D eigenvalue weighted by Gasteiger charge is 2.29. The smallest absolute Gasteiger partial charge is 0.263 e. The van der Waals surface area contributed by atoms with Crippen LogP contribution in [0.4, 0.5) is 0 Å². The molecule has 1 aliphatic heterocycles. The van der Waals surface area contributed by atoms with Gasteiger partial charge in [0.05, 0.1) is 6.10 Å². The molecule has 1 atom stereocenters. The minimum Gasteiger partial charge on any atom is -0.376 e. The van der Waals surface area contributed by atoms with E-state index in [0.29, 0.717) is 12.5 Å². The van der Waals surface area contributed by atoms with E-state index < -0.39 is 0 Å². The lowest BCUT2D eigenvalue weighted by Crippen LogP contribution is -2.43. The standard InChI is InChI=1S/C17H24N2O3/c1-18-9-3-8-15(16(18)20)17(21)19(11-13-5-2-6-13)12-14-7-4-10-22-14/h3,8-9,13-14H,2,4-7,10-12H2,1H3/t14-/m1/s1. The average molecular weight is 304 g/mol. The minimum atomic E-state index is -0.224. The molecule has 0 spiro atoms. The molecule has 2 aliphatic rings. The quantitative estimate of drug-likeness (QED) is 0.833. The summed E-state index contributed by atoms with van der Waals surface area (Å²) in [5.41, 5.74) is 0.0424. The van der Waals surface area contributed by atoms with E-state index in [1.54, 1.807) is 25.4 Å². The summed E-state index contributed by atoms with van der Waals surface area (Å²) in [7, 11) is 1.68. The maximum absolute atomic E-state index is 12.8. The first-order valence-corrected chi connectivity index (χ1v) is 8.21. The molecule has 0 radical (unpaired) electrons. The van der Waals surface area contributed by atoms with Gasteiger partial charge in [0.2, 0.25) is 0 Å². The molecule has 2 heterocycles. The van der Waals surface area contributed by atoms with Crippen LogP contribution >= 0.6 is 0 Å². The van der Waals surface area contributed by atoms with E-state index in [1.165, 1.54) is 23.8 Å². The van der Waals surface area contributed by atoms with Crippen LogP contribution in [0.25, 0.3) is 0 Å². The molecular weight excluding hydrogens is 280 g/mol. The van der Waals surface area contributed by atoms with Crippen molar-refractivity contribution in [3.8, 4) is 0 Å². The second-order valence-corrected chi connectivity index (χ2v) is 6.48. The maximum atomic E-state index is 12.8. The van der Waals surface area contributed by atoms with Gasteiger partial charge in [0.25, 0.3) is 11.5 Å². The number of pyridine rings is 1. The topological polar surface area (TPSA) is 51.5 Å². The highest BCUT2D eigenvalue weighted by Crippen LogP contribution is 2.28. The number of hydrogen-bond acceptors (Lipinski definition) is 3. The van der Waals surface area contributed by atoms with Crippen LogP contribution in [0.5, 0.6) is 0 Å². The second-order valence-electron chi connectivity index (χ2n) is 6.48. The summed E-state index contributed by atoms with van der Waals surface area (Å²) in [5.74, 6) is 0.432. The lowest BCUT2D eigenvalue weighted by atomic mass is 9.85. The first-order chi connectivity index (χ1) is 10.6. The van der Waals surface area contributed by atoms with Crippen LogP contribution in [-0.2, 0) is 11.8 Å². The Bertz CT molecular complexity index is 586. The molecule has 1 saturated heterocycles. The zero-order chi connectivity index (χ0) is 15.5. The van der Waals surface area contributed by atoms with Crippen LogP contribution in [0, 0.1) is 5.92 Å². The fourth-order valence-corrected chi connectivity index (χ4v) is 3.19. The van der Waals surface area contributed by atoms with Crippen LogP contribution in [-0.4, -0.2) is 41.2 Å². The largest absolute Gasteiger partial charge is 0.376 e. The summed E-state index contributed by atoms with van der Waals surface area (Å²) in [6.45, 7) is 2.13. The normalized spacial score (nSPS) is 21.6. The van der Waals surface area contributed by atoms with Crippen molar-refractivity contribution in [3.63, 3.8) is 0 Å². The van der Waals surface area contributed by atoms with Gasteiger partial charge in [0.1, 0.15) is 5.56 Å². The Morgan fingerprint density at radius 3 is 2.77 bits per heavy atom. The second kappa shape index (κ2) is 6.65. The van der Waals surface area contributed by atoms with Gasteiger partial charge in [-0.3, -0.25) is 9.59 Å². The lowest BCUT2D eigenvalue weighted by molar-refractivity contribution is 0.0446. The number of aromatic nitrogens is 1. The Labute approximate surface area is 130 Å².